The zero-order chi connectivity index (χ0) is 14.0. The highest BCUT2D eigenvalue weighted by Crippen LogP contribution is 2.30. The highest BCUT2D eigenvalue weighted by molar-refractivity contribution is 5.91. The molecule has 2 rings (SSSR count). The second-order valence-corrected chi connectivity index (χ2v) is 5.16. The number of aromatic nitrogens is 1. The van der Waals surface area contributed by atoms with E-state index in [2.05, 4.69) is 10.3 Å². The third kappa shape index (κ3) is 2.67. The molecule has 0 spiro atoms. The van der Waals surface area contributed by atoms with Crippen LogP contribution in [0.1, 0.15) is 18.9 Å². The topological polar surface area (TPSA) is 82.5 Å². The summed E-state index contributed by atoms with van der Waals surface area (Å²) in [6.07, 6.45) is 3.75. The lowest BCUT2D eigenvalue weighted by Gasteiger charge is -2.20. The van der Waals surface area contributed by atoms with E-state index >= 15 is 0 Å². The zero-order valence-electron chi connectivity index (χ0n) is 11.0. The van der Waals surface area contributed by atoms with Gasteiger partial charge in [0.2, 0.25) is 0 Å². The molecular formula is C13H17N3O3. The minimum absolute atomic E-state index is 0.234. The highest BCUT2D eigenvalue weighted by atomic mass is 16.4. The number of anilines is 1. The van der Waals surface area contributed by atoms with Crippen LogP contribution in [-0.4, -0.2) is 40.1 Å². The fourth-order valence-corrected chi connectivity index (χ4v) is 2.12. The van der Waals surface area contributed by atoms with Crippen LogP contribution in [-0.2, 0) is 4.79 Å². The van der Waals surface area contributed by atoms with E-state index in [0.717, 1.165) is 5.56 Å². The van der Waals surface area contributed by atoms with E-state index in [0.29, 0.717) is 18.7 Å². The molecule has 1 saturated heterocycles. The number of likely N-dealkylation sites (tertiary alicyclic amines) is 1. The number of carboxylic acid groups (broad SMARTS) is 1. The maximum absolute atomic E-state index is 12.1. The summed E-state index contributed by atoms with van der Waals surface area (Å²) in [5, 5.41) is 11.9. The molecule has 2 N–H and O–H groups in total. The van der Waals surface area contributed by atoms with E-state index in [-0.39, 0.29) is 12.6 Å². The number of carbonyl (C=O) groups is 2. The highest BCUT2D eigenvalue weighted by Gasteiger charge is 2.42. The van der Waals surface area contributed by atoms with Gasteiger partial charge in [-0.2, -0.15) is 0 Å². The fraction of sp³-hybridized carbons (Fsp3) is 0.462. The summed E-state index contributed by atoms with van der Waals surface area (Å²) in [5.74, 6) is -0.858. The van der Waals surface area contributed by atoms with Gasteiger partial charge >= 0.3 is 12.0 Å². The summed E-state index contributed by atoms with van der Waals surface area (Å²) < 4.78 is 0. The summed E-state index contributed by atoms with van der Waals surface area (Å²) in [6.45, 7) is 4.21. The van der Waals surface area contributed by atoms with Crippen molar-refractivity contribution in [3.63, 3.8) is 0 Å². The second-order valence-electron chi connectivity index (χ2n) is 5.16. The number of rotatable bonds is 2. The smallest absolute Gasteiger partial charge is 0.321 e. The van der Waals surface area contributed by atoms with Crippen molar-refractivity contribution < 1.29 is 14.7 Å². The molecule has 1 aromatic rings. The predicted molar refractivity (Wildman–Crippen MR) is 69.9 cm³/mol. The van der Waals surface area contributed by atoms with Gasteiger partial charge < -0.3 is 15.3 Å². The Bertz CT molecular complexity index is 518. The molecule has 0 saturated carbocycles. The van der Waals surface area contributed by atoms with Gasteiger partial charge in [-0.25, -0.2) is 4.79 Å². The normalized spacial score (nSPS) is 22.3. The minimum atomic E-state index is -0.858. The van der Waals surface area contributed by atoms with Crippen molar-refractivity contribution in [3.05, 3.63) is 24.0 Å². The third-order valence-corrected chi connectivity index (χ3v) is 3.54. The van der Waals surface area contributed by atoms with Gasteiger partial charge in [0, 0.05) is 31.2 Å². The molecule has 1 fully saturated rings. The fourth-order valence-electron chi connectivity index (χ4n) is 2.12. The molecule has 1 aromatic heterocycles. The quantitative estimate of drug-likeness (QED) is 0.851. The van der Waals surface area contributed by atoms with Gasteiger partial charge in [0.1, 0.15) is 0 Å². The Morgan fingerprint density at radius 3 is 2.84 bits per heavy atom. The van der Waals surface area contributed by atoms with Gasteiger partial charge in [-0.3, -0.25) is 9.78 Å². The average Bonchev–Trinajstić information content (AvgIpc) is 2.76. The molecule has 2 amide bonds. The molecule has 1 aliphatic rings. The van der Waals surface area contributed by atoms with Crippen LogP contribution in [0.4, 0.5) is 10.5 Å². The third-order valence-electron chi connectivity index (χ3n) is 3.54. The molecule has 0 aliphatic carbocycles. The van der Waals surface area contributed by atoms with E-state index in [1.807, 2.05) is 6.92 Å². The van der Waals surface area contributed by atoms with Crippen molar-refractivity contribution in [2.45, 2.75) is 20.3 Å². The number of hydrogen-bond donors (Lipinski definition) is 2. The summed E-state index contributed by atoms with van der Waals surface area (Å²) >= 11 is 0. The molecule has 102 valence electrons. The van der Waals surface area contributed by atoms with Crippen molar-refractivity contribution in [1.82, 2.24) is 9.88 Å². The first-order valence-corrected chi connectivity index (χ1v) is 6.12. The van der Waals surface area contributed by atoms with Crippen LogP contribution >= 0.6 is 0 Å². The first-order chi connectivity index (χ1) is 8.92. The number of hydrogen-bond acceptors (Lipinski definition) is 3. The second kappa shape index (κ2) is 4.87. The minimum Gasteiger partial charge on any atom is -0.481 e. The molecule has 19 heavy (non-hydrogen) atoms. The maximum Gasteiger partial charge on any atom is 0.321 e. The number of nitrogens with one attached hydrogen (secondary N) is 1. The molecule has 2 heterocycles. The Hall–Kier alpha value is -2.11. The van der Waals surface area contributed by atoms with Gasteiger partial charge in [0.25, 0.3) is 0 Å². The van der Waals surface area contributed by atoms with Crippen molar-refractivity contribution >= 4 is 17.7 Å². The van der Waals surface area contributed by atoms with E-state index < -0.39 is 11.4 Å². The number of aryl methyl sites for hydroxylation is 1. The van der Waals surface area contributed by atoms with Crippen LogP contribution in [0.25, 0.3) is 0 Å². The largest absolute Gasteiger partial charge is 0.481 e. The van der Waals surface area contributed by atoms with Crippen molar-refractivity contribution in [3.8, 4) is 0 Å². The van der Waals surface area contributed by atoms with Crippen LogP contribution in [0.2, 0.25) is 0 Å². The molecule has 6 heteroatoms. The Labute approximate surface area is 111 Å². The Morgan fingerprint density at radius 2 is 2.26 bits per heavy atom. The van der Waals surface area contributed by atoms with Crippen LogP contribution in [0.5, 0.6) is 0 Å². The first-order valence-electron chi connectivity index (χ1n) is 6.12. The van der Waals surface area contributed by atoms with Gasteiger partial charge in [-0.05, 0) is 31.9 Å². The molecule has 1 aliphatic heterocycles. The summed E-state index contributed by atoms with van der Waals surface area (Å²) in [7, 11) is 0. The van der Waals surface area contributed by atoms with Crippen molar-refractivity contribution in [1.29, 1.82) is 0 Å². The SMILES string of the molecule is Cc1cnccc1NC(=O)N1CCC(C)(C(=O)O)C1. The van der Waals surface area contributed by atoms with Crippen molar-refractivity contribution in [2.24, 2.45) is 5.41 Å². The van der Waals surface area contributed by atoms with Gasteiger partial charge in [-0.15, -0.1) is 0 Å². The molecule has 0 aromatic carbocycles. The van der Waals surface area contributed by atoms with Gasteiger partial charge in [0.15, 0.2) is 0 Å². The monoisotopic (exact) mass is 263 g/mol. The molecule has 0 radical (unpaired) electrons. The van der Waals surface area contributed by atoms with E-state index in [1.54, 1.807) is 25.4 Å². The van der Waals surface area contributed by atoms with Gasteiger partial charge in [-0.1, -0.05) is 0 Å². The molecular weight excluding hydrogens is 246 g/mol. The van der Waals surface area contributed by atoms with Crippen LogP contribution in [0.3, 0.4) is 0 Å². The molecule has 1 unspecified atom stereocenters. The van der Waals surface area contributed by atoms with E-state index in [1.165, 1.54) is 4.90 Å². The first kappa shape index (κ1) is 13.3. The van der Waals surface area contributed by atoms with Crippen LogP contribution in [0, 0.1) is 12.3 Å². The lowest BCUT2D eigenvalue weighted by Crippen LogP contribution is -2.37. The molecule has 0 bridgehead atoms. The Kier molecular flexibility index (Phi) is 3.42. The lowest BCUT2D eigenvalue weighted by atomic mass is 9.90. The summed E-state index contributed by atoms with van der Waals surface area (Å²) in [6, 6.07) is 1.46. The predicted octanol–water partition coefficient (Wildman–Crippen LogP) is 1.72. The Balaban J connectivity index is 2.03. The van der Waals surface area contributed by atoms with E-state index in [4.69, 9.17) is 5.11 Å². The van der Waals surface area contributed by atoms with Gasteiger partial charge in [0.05, 0.1) is 5.41 Å². The number of aliphatic carboxylic acids is 1. The summed E-state index contributed by atoms with van der Waals surface area (Å²) in [5.41, 5.74) is 0.727. The number of carboxylic acids is 1. The number of nitrogens with zero attached hydrogens (tertiary/aromatic N) is 2. The number of amides is 2. The zero-order valence-corrected chi connectivity index (χ0v) is 11.0. The number of carbonyl (C=O) groups excluding carboxylic acids is 1. The van der Waals surface area contributed by atoms with Crippen LogP contribution < -0.4 is 5.32 Å². The number of pyridine rings is 1. The van der Waals surface area contributed by atoms with E-state index in [9.17, 15) is 9.59 Å². The molecule has 6 nitrogen and oxygen atoms in total. The van der Waals surface area contributed by atoms with Crippen molar-refractivity contribution in [2.75, 3.05) is 18.4 Å². The standard InChI is InChI=1S/C13H17N3O3/c1-9-7-14-5-3-10(9)15-12(19)16-6-4-13(2,8-16)11(17)18/h3,5,7H,4,6,8H2,1-2H3,(H,17,18)(H,14,15,19). The maximum atomic E-state index is 12.1. The van der Waals surface area contributed by atoms with Crippen LogP contribution in [0.15, 0.2) is 18.5 Å². The number of urea groups is 1. The summed E-state index contributed by atoms with van der Waals surface area (Å²) in [4.78, 5) is 28.7. The lowest BCUT2D eigenvalue weighted by molar-refractivity contribution is -0.146. The average molecular weight is 263 g/mol. The molecule has 1 atom stereocenters. The Morgan fingerprint density at radius 1 is 1.53 bits per heavy atom.